The van der Waals surface area contributed by atoms with E-state index < -0.39 is 73.3 Å². The lowest BCUT2D eigenvalue weighted by Crippen LogP contribution is -2.45. The number of hydrogen-bond acceptors (Lipinski definition) is 12. The number of rotatable bonds is 4. The topological polar surface area (TPSA) is 169 Å². The molecule has 6 rings (SSSR count). The fourth-order valence-corrected chi connectivity index (χ4v) is 6.35. The second kappa shape index (κ2) is 14.0. The van der Waals surface area contributed by atoms with E-state index in [0.717, 1.165) is 0 Å². The predicted molar refractivity (Wildman–Crippen MR) is 215 cm³/mol. The molecule has 2 aromatic carbocycles. The van der Waals surface area contributed by atoms with Crippen molar-refractivity contribution in [2.75, 3.05) is 0 Å². The quantitative estimate of drug-likeness (QED) is 0.411. The molecule has 4 heterocycles. The highest BCUT2D eigenvalue weighted by molar-refractivity contribution is 6.67. The van der Waals surface area contributed by atoms with Gasteiger partial charge in [-0.3, -0.25) is 0 Å². The summed E-state index contributed by atoms with van der Waals surface area (Å²) in [5.41, 5.74) is -0.768. The van der Waals surface area contributed by atoms with Crippen LogP contribution in [0, 0.1) is 45.3 Å². The average molecular weight is 760 g/mol. The summed E-state index contributed by atoms with van der Waals surface area (Å²) in [7, 11) is -2.96. The molecule has 0 atom stereocenters. The summed E-state index contributed by atoms with van der Waals surface area (Å²) < 4.78 is 48.8. The van der Waals surface area contributed by atoms with Crippen LogP contribution in [0.25, 0.3) is 0 Å². The third kappa shape index (κ3) is 7.44. The first kappa shape index (κ1) is 43.5. The van der Waals surface area contributed by atoms with Gasteiger partial charge in [0.15, 0.2) is 0 Å². The highest BCUT2D eigenvalue weighted by Gasteiger charge is 2.57. The summed E-state index contributed by atoms with van der Waals surface area (Å²) in [6, 6.07) is 15.4. The Balaban J connectivity index is 0.000000214. The standard InChI is InChI=1S/2C20H26B2N2O4/c1-17(2)18(3,4)26-21(25-17)15-9-14(12-24)16(10-13(15)11-23)22-27-19(5,6)20(7,8)28-22;1-17(2)18(3,4)26-21(25-17)15-9-13(11-23)10-16(14(15)12-24)22-27-19(5,6)20(7,8)28-22/h2*9-10H,1-8H3. The van der Waals surface area contributed by atoms with Crippen LogP contribution in [0.1, 0.15) is 133 Å². The van der Waals surface area contributed by atoms with Gasteiger partial charge in [-0.05, 0) is 135 Å². The molecule has 16 heteroatoms. The number of benzene rings is 2. The predicted octanol–water partition coefficient (Wildman–Crippen LogP) is 4.06. The summed E-state index contributed by atoms with van der Waals surface area (Å²) in [6.07, 6.45) is 0. The minimum Gasteiger partial charge on any atom is -0.399 e. The van der Waals surface area contributed by atoms with Gasteiger partial charge in [0.25, 0.3) is 0 Å². The van der Waals surface area contributed by atoms with Gasteiger partial charge in [-0.2, -0.15) is 21.0 Å². The van der Waals surface area contributed by atoms with Crippen LogP contribution in [-0.2, 0) is 37.2 Å². The summed E-state index contributed by atoms with van der Waals surface area (Å²) in [4.78, 5) is 0. The smallest absolute Gasteiger partial charge is 0.399 e. The normalized spacial score (nSPS) is 24.1. The second-order valence-corrected chi connectivity index (χ2v) is 18.9. The third-order valence-electron chi connectivity index (χ3n) is 12.9. The van der Waals surface area contributed by atoms with Crippen molar-refractivity contribution in [3.8, 4) is 24.3 Å². The van der Waals surface area contributed by atoms with Crippen molar-refractivity contribution in [2.45, 2.75) is 156 Å². The Kier molecular flexibility index (Phi) is 10.9. The Labute approximate surface area is 334 Å². The zero-order valence-corrected chi connectivity index (χ0v) is 35.7. The van der Waals surface area contributed by atoms with E-state index >= 15 is 0 Å². The van der Waals surface area contributed by atoms with Crippen molar-refractivity contribution in [1.82, 2.24) is 0 Å². The Morgan fingerprint density at radius 3 is 0.768 bits per heavy atom. The lowest BCUT2D eigenvalue weighted by Gasteiger charge is -2.32. The van der Waals surface area contributed by atoms with E-state index in [-0.39, 0.29) is 0 Å². The zero-order valence-electron chi connectivity index (χ0n) is 35.7. The van der Waals surface area contributed by atoms with Crippen LogP contribution < -0.4 is 21.9 Å². The Bertz CT molecular complexity index is 1890. The molecule has 0 aliphatic carbocycles. The van der Waals surface area contributed by atoms with Gasteiger partial charge >= 0.3 is 28.5 Å². The van der Waals surface area contributed by atoms with E-state index in [1.54, 1.807) is 24.3 Å². The van der Waals surface area contributed by atoms with Crippen LogP contribution in [0.15, 0.2) is 24.3 Å². The summed E-state index contributed by atoms with van der Waals surface area (Å²) in [6.45, 7) is 31.2. The average Bonchev–Trinajstić information content (AvgIpc) is 3.63. The molecule has 2 aromatic rings. The van der Waals surface area contributed by atoms with Crippen LogP contribution in [0.5, 0.6) is 0 Å². The Hall–Kier alpha value is -3.66. The molecule has 4 fully saturated rings. The van der Waals surface area contributed by atoms with Crippen LogP contribution in [0.3, 0.4) is 0 Å². The highest BCUT2D eigenvalue weighted by Crippen LogP contribution is 2.40. The fourth-order valence-electron chi connectivity index (χ4n) is 6.35. The maximum atomic E-state index is 9.95. The maximum Gasteiger partial charge on any atom is 0.496 e. The highest BCUT2D eigenvalue weighted by atomic mass is 16.7. The van der Waals surface area contributed by atoms with Crippen molar-refractivity contribution >= 4 is 50.3 Å². The van der Waals surface area contributed by atoms with Crippen molar-refractivity contribution in [3.05, 3.63) is 46.5 Å². The third-order valence-corrected chi connectivity index (χ3v) is 12.9. The SMILES string of the molecule is CC1(C)OB(c2cc(C#N)c(B3OC(C)(C)C(C)(C)O3)cc2C#N)OC1(C)C.CC1(C)OB(c2cc(C#N)cc(B3OC(C)(C)C(C)(C)O3)c2C#N)OC1(C)C. The first-order chi connectivity index (χ1) is 25.5. The number of hydrogen-bond donors (Lipinski definition) is 0. The molecular formula is C40H52B4N4O8. The van der Waals surface area contributed by atoms with Crippen molar-refractivity contribution < 1.29 is 37.2 Å². The molecular weight excluding hydrogens is 708 g/mol. The molecule has 0 radical (unpaired) electrons. The lowest BCUT2D eigenvalue weighted by molar-refractivity contribution is 0.00578. The molecule has 0 aromatic heterocycles. The molecule has 0 spiro atoms. The van der Waals surface area contributed by atoms with Gasteiger partial charge in [0.1, 0.15) is 0 Å². The molecule has 4 aliphatic rings. The van der Waals surface area contributed by atoms with Gasteiger partial charge < -0.3 is 37.2 Å². The zero-order chi connectivity index (χ0) is 42.2. The largest absolute Gasteiger partial charge is 0.496 e. The number of nitrogens with zero attached hydrogens (tertiary/aromatic N) is 4. The van der Waals surface area contributed by atoms with Crippen molar-refractivity contribution in [2.24, 2.45) is 0 Å². The molecule has 0 N–H and O–H groups in total. The van der Waals surface area contributed by atoms with Crippen LogP contribution in [0.2, 0.25) is 0 Å². The fraction of sp³-hybridized carbons (Fsp3) is 0.600. The van der Waals surface area contributed by atoms with Gasteiger partial charge in [0.05, 0.1) is 91.3 Å². The molecule has 12 nitrogen and oxygen atoms in total. The minimum atomic E-state index is -0.755. The molecule has 0 unspecified atom stereocenters. The van der Waals surface area contributed by atoms with E-state index in [1.165, 1.54) is 0 Å². The Morgan fingerprint density at radius 1 is 0.339 bits per heavy atom. The van der Waals surface area contributed by atoms with E-state index in [1.807, 2.05) is 111 Å². The van der Waals surface area contributed by atoms with Crippen LogP contribution in [0.4, 0.5) is 0 Å². The van der Waals surface area contributed by atoms with Crippen LogP contribution >= 0.6 is 0 Å². The van der Waals surface area contributed by atoms with Crippen molar-refractivity contribution in [1.29, 1.82) is 21.0 Å². The van der Waals surface area contributed by atoms with Gasteiger partial charge in [-0.15, -0.1) is 0 Å². The first-order valence-corrected chi connectivity index (χ1v) is 18.9. The summed E-state index contributed by atoms with van der Waals surface area (Å²) in [5.74, 6) is 0. The molecule has 0 saturated carbocycles. The molecule has 0 amide bonds. The maximum absolute atomic E-state index is 9.95. The summed E-state index contributed by atoms with van der Waals surface area (Å²) in [5, 5.41) is 39.0. The molecule has 4 aliphatic heterocycles. The first-order valence-electron chi connectivity index (χ1n) is 18.9. The van der Waals surface area contributed by atoms with Crippen molar-refractivity contribution in [3.63, 3.8) is 0 Å². The van der Waals surface area contributed by atoms with E-state index in [4.69, 9.17) is 37.2 Å². The van der Waals surface area contributed by atoms with E-state index in [9.17, 15) is 21.0 Å². The molecule has 56 heavy (non-hydrogen) atoms. The van der Waals surface area contributed by atoms with E-state index in [0.29, 0.717) is 44.1 Å². The lowest BCUT2D eigenvalue weighted by atomic mass is 9.67. The molecule has 292 valence electrons. The van der Waals surface area contributed by atoms with E-state index in [2.05, 4.69) is 24.3 Å². The van der Waals surface area contributed by atoms with Gasteiger partial charge in [-0.25, -0.2) is 0 Å². The Morgan fingerprint density at radius 2 is 0.571 bits per heavy atom. The van der Waals surface area contributed by atoms with Gasteiger partial charge in [-0.1, -0.05) is 0 Å². The molecule has 0 bridgehead atoms. The second-order valence-electron chi connectivity index (χ2n) is 18.9. The summed E-state index contributed by atoms with van der Waals surface area (Å²) >= 11 is 0. The monoisotopic (exact) mass is 760 g/mol. The number of nitriles is 4. The minimum absolute atomic E-state index is 0.357. The van der Waals surface area contributed by atoms with Gasteiger partial charge in [0, 0.05) is 21.9 Å². The van der Waals surface area contributed by atoms with Crippen LogP contribution in [-0.4, -0.2) is 73.3 Å². The van der Waals surface area contributed by atoms with Gasteiger partial charge in [0.2, 0.25) is 0 Å². The molecule has 4 saturated heterocycles.